The zero-order valence-corrected chi connectivity index (χ0v) is 11.9. The molecule has 1 N–H and O–H groups in total. The van der Waals surface area contributed by atoms with Crippen LogP contribution in [0.3, 0.4) is 0 Å². The van der Waals surface area contributed by atoms with Crippen LogP contribution in [0.15, 0.2) is 10.6 Å². The maximum atomic E-state index is 12.3. The fourth-order valence-corrected chi connectivity index (χ4v) is 2.10. The van der Waals surface area contributed by atoms with Crippen molar-refractivity contribution in [3.05, 3.63) is 17.5 Å². The van der Waals surface area contributed by atoms with Crippen molar-refractivity contribution in [3.8, 4) is 0 Å². The minimum absolute atomic E-state index is 0.232. The molecule has 1 aliphatic rings. The molecule has 0 radical (unpaired) electrons. The van der Waals surface area contributed by atoms with E-state index in [-0.39, 0.29) is 17.6 Å². The van der Waals surface area contributed by atoms with Gasteiger partial charge in [-0.1, -0.05) is 18.5 Å². The summed E-state index contributed by atoms with van der Waals surface area (Å²) in [6.45, 7) is 5.47. The minimum Gasteiger partial charge on any atom is -0.361 e. The van der Waals surface area contributed by atoms with Crippen LogP contribution in [0.5, 0.6) is 0 Å². The van der Waals surface area contributed by atoms with Gasteiger partial charge >= 0.3 is 6.03 Å². The lowest BCUT2D eigenvalue weighted by Crippen LogP contribution is -2.49. The summed E-state index contributed by atoms with van der Waals surface area (Å²) in [6.07, 6.45) is 2.71. The lowest BCUT2D eigenvalue weighted by atomic mass is 10.3. The van der Waals surface area contributed by atoms with E-state index in [0.29, 0.717) is 25.4 Å². The fourth-order valence-electron chi connectivity index (χ4n) is 2.10. The molecule has 2 heterocycles. The van der Waals surface area contributed by atoms with E-state index in [1.807, 2.05) is 0 Å². The van der Waals surface area contributed by atoms with E-state index in [0.717, 1.165) is 19.3 Å². The zero-order chi connectivity index (χ0) is 14.5. The Morgan fingerprint density at radius 2 is 2.15 bits per heavy atom. The lowest BCUT2D eigenvalue weighted by molar-refractivity contribution is 0.0367. The maximum Gasteiger partial charge on any atom is 0.336 e. The summed E-state index contributed by atoms with van der Waals surface area (Å²) in [5, 5.41) is 9.40. The van der Waals surface area contributed by atoms with Gasteiger partial charge in [0.25, 0.3) is 5.91 Å². The third-order valence-corrected chi connectivity index (χ3v) is 3.15. The molecule has 0 atom stereocenters. The Hall–Kier alpha value is -2.05. The predicted octanol–water partition coefficient (Wildman–Crippen LogP) is 1.56. The molecular formula is C13H20N4O3. The van der Waals surface area contributed by atoms with Gasteiger partial charge in [-0.15, -0.1) is 0 Å². The van der Waals surface area contributed by atoms with Gasteiger partial charge in [0.2, 0.25) is 0 Å². The van der Waals surface area contributed by atoms with Crippen LogP contribution in [0.4, 0.5) is 4.79 Å². The van der Waals surface area contributed by atoms with Crippen molar-refractivity contribution in [1.82, 2.24) is 20.5 Å². The first-order valence-corrected chi connectivity index (χ1v) is 6.94. The van der Waals surface area contributed by atoms with Gasteiger partial charge in [0, 0.05) is 25.7 Å². The van der Waals surface area contributed by atoms with Crippen LogP contribution < -0.4 is 5.32 Å². The number of amides is 3. The Morgan fingerprint density at radius 1 is 1.40 bits per heavy atom. The smallest absolute Gasteiger partial charge is 0.336 e. The maximum absolute atomic E-state index is 12.3. The molecule has 0 spiro atoms. The number of unbranched alkanes of at least 4 members (excludes halogenated alkanes) is 1. The van der Waals surface area contributed by atoms with Gasteiger partial charge in [0.05, 0.1) is 0 Å². The molecule has 1 aliphatic heterocycles. The molecule has 110 valence electrons. The zero-order valence-electron chi connectivity index (χ0n) is 11.9. The second-order valence-electron chi connectivity index (χ2n) is 4.81. The van der Waals surface area contributed by atoms with E-state index in [1.54, 1.807) is 13.0 Å². The second-order valence-corrected chi connectivity index (χ2v) is 4.81. The number of nitrogens with zero attached hydrogens (tertiary/aromatic N) is 3. The quantitative estimate of drug-likeness (QED) is 0.849. The van der Waals surface area contributed by atoms with Crippen LogP contribution in [0.25, 0.3) is 0 Å². The van der Waals surface area contributed by atoms with Gasteiger partial charge in [0.15, 0.2) is 5.69 Å². The molecule has 0 aromatic carbocycles. The molecule has 0 saturated carbocycles. The Labute approximate surface area is 117 Å². The summed E-state index contributed by atoms with van der Waals surface area (Å²) in [6, 6.07) is 1.35. The highest BCUT2D eigenvalue weighted by Crippen LogP contribution is 2.15. The minimum atomic E-state index is -0.301. The number of rotatable bonds is 4. The van der Waals surface area contributed by atoms with Gasteiger partial charge in [-0.05, 0) is 19.8 Å². The summed E-state index contributed by atoms with van der Waals surface area (Å²) in [4.78, 5) is 24.3. The van der Waals surface area contributed by atoms with Crippen molar-refractivity contribution in [1.29, 1.82) is 0 Å². The van der Waals surface area contributed by atoms with E-state index in [2.05, 4.69) is 17.4 Å². The van der Waals surface area contributed by atoms with Crippen molar-refractivity contribution in [3.63, 3.8) is 0 Å². The van der Waals surface area contributed by atoms with E-state index in [1.165, 1.54) is 10.0 Å². The highest BCUT2D eigenvalue weighted by Gasteiger charge is 2.32. The lowest BCUT2D eigenvalue weighted by Gasteiger charge is -2.27. The molecule has 1 aromatic rings. The van der Waals surface area contributed by atoms with Crippen LogP contribution in [0, 0.1) is 6.92 Å². The number of aromatic nitrogens is 1. The highest BCUT2D eigenvalue weighted by molar-refractivity contribution is 5.93. The number of carbonyl (C=O) groups excluding carboxylic acids is 2. The molecule has 0 aliphatic carbocycles. The number of hydrazine groups is 1. The SMILES string of the molecule is CCCCNC(=O)N1CCCN1C(=O)c1cc(C)on1. The summed E-state index contributed by atoms with van der Waals surface area (Å²) in [5.74, 6) is 0.275. The topological polar surface area (TPSA) is 78.7 Å². The van der Waals surface area contributed by atoms with Crippen LogP contribution in [0.1, 0.15) is 42.4 Å². The third-order valence-electron chi connectivity index (χ3n) is 3.15. The predicted molar refractivity (Wildman–Crippen MR) is 71.9 cm³/mol. The molecule has 0 bridgehead atoms. The first-order valence-electron chi connectivity index (χ1n) is 6.94. The van der Waals surface area contributed by atoms with Gasteiger partial charge in [-0.2, -0.15) is 0 Å². The van der Waals surface area contributed by atoms with Crippen LogP contribution in [-0.4, -0.2) is 46.7 Å². The van der Waals surface area contributed by atoms with Gasteiger partial charge < -0.3 is 9.84 Å². The van der Waals surface area contributed by atoms with Crippen molar-refractivity contribution >= 4 is 11.9 Å². The fraction of sp³-hybridized carbons (Fsp3) is 0.615. The summed E-state index contributed by atoms with van der Waals surface area (Å²) >= 11 is 0. The van der Waals surface area contributed by atoms with Crippen molar-refractivity contribution in [2.45, 2.75) is 33.1 Å². The molecule has 2 rings (SSSR count). The average Bonchev–Trinajstić information content (AvgIpc) is 3.06. The highest BCUT2D eigenvalue weighted by atomic mass is 16.5. The van der Waals surface area contributed by atoms with E-state index in [9.17, 15) is 9.59 Å². The largest absolute Gasteiger partial charge is 0.361 e. The number of aryl methyl sites for hydroxylation is 1. The third kappa shape index (κ3) is 3.09. The summed E-state index contributed by atoms with van der Waals surface area (Å²) in [7, 11) is 0. The Kier molecular flexibility index (Phi) is 4.60. The number of hydrogen-bond acceptors (Lipinski definition) is 4. The van der Waals surface area contributed by atoms with Crippen LogP contribution >= 0.6 is 0 Å². The molecule has 1 aromatic heterocycles. The molecule has 20 heavy (non-hydrogen) atoms. The number of hydrogen-bond donors (Lipinski definition) is 1. The van der Waals surface area contributed by atoms with Crippen molar-refractivity contribution in [2.75, 3.05) is 19.6 Å². The van der Waals surface area contributed by atoms with Crippen molar-refractivity contribution in [2.24, 2.45) is 0 Å². The molecule has 3 amide bonds. The molecule has 7 nitrogen and oxygen atoms in total. The first-order chi connectivity index (χ1) is 9.63. The van der Waals surface area contributed by atoms with E-state index in [4.69, 9.17) is 4.52 Å². The number of urea groups is 1. The standard InChI is InChI=1S/C13H20N4O3/c1-3-4-6-14-13(19)17-8-5-7-16(17)12(18)11-9-10(2)20-15-11/h9H,3-8H2,1-2H3,(H,14,19). The van der Waals surface area contributed by atoms with Gasteiger partial charge in [0.1, 0.15) is 5.76 Å². The molecule has 0 unspecified atom stereocenters. The molecule has 1 fully saturated rings. The number of nitrogens with one attached hydrogen (secondary N) is 1. The Bertz CT molecular complexity index is 486. The Balaban J connectivity index is 1.99. The summed E-state index contributed by atoms with van der Waals surface area (Å²) in [5.41, 5.74) is 0.232. The van der Waals surface area contributed by atoms with Crippen molar-refractivity contribution < 1.29 is 14.1 Å². The molecule has 7 heteroatoms. The van der Waals surface area contributed by atoms with E-state index >= 15 is 0 Å². The first kappa shape index (κ1) is 14.4. The number of carbonyl (C=O) groups is 2. The van der Waals surface area contributed by atoms with Gasteiger partial charge in [-0.3, -0.25) is 4.79 Å². The second kappa shape index (κ2) is 6.40. The van der Waals surface area contributed by atoms with Gasteiger partial charge in [-0.25, -0.2) is 14.8 Å². The van der Waals surface area contributed by atoms with E-state index < -0.39 is 0 Å². The van der Waals surface area contributed by atoms with Crippen LogP contribution in [-0.2, 0) is 0 Å². The molecule has 1 saturated heterocycles. The molecular weight excluding hydrogens is 260 g/mol. The monoisotopic (exact) mass is 280 g/mol. The summed E-state index contributed by atoms with van der Waals surface area (Å²) < 4.78 is 4.90. The van der Waals surface area contributed by atoms with Crippen LogP contribution in [0.2, 0.25) is 0 Å². The Morgan fingerprint density at radius 3 is 2.80 bits per heavy atom. The average molecular weight is 280 g/mol. The normalized spacial score (nSPS) is 14.7.